The molecule has 1 aromatic carbocycles. The average Bonchev–Trinajstić information content (AvgIpc) is 2.49. The van der Waals surface area contributed by atoms with Crippen molar-refractivity contribution in [1.29, 1.82) is 0 Å². The molecule has 0 radical (unpaired) electrons. The quantitative estimate of drug-likeness (QED) is 0.782. The van der Waals surface area contributed by atoms with E-state index < -0.39 is 5.82 Å². The maximum atomic E-state index is 13.5. The highest BCUT2D eigenvalue weighted by molar-refractivity contribution is 7.71. The van der Waals surface area contributed by atoms with E-state index in [0.717, 1.165) is 0 Å². The van der Waals surface area contributed by atoms with Crippen LogP contribution in [0.25, 0.3) is 11.4 Å². The van der Waals surface area contributed by atoms with E-state index in [1.165, 1.54) is 6.07 Å². The minimum absolute atomic E-state index is 0.258. The molecule has 78 valence electrons. The standard InChI is InChI=1S/C9H7ClFN3S/c1-14-8(12-13-9(14)15)7-5(10)3-2-4-6(7)11/h2-4H,1H3,(H,13,15). The van der Waals surface area contributed by atoms with Crippen LogP contribution < -0.4 is 0 Å². The molecule has 6 heteroatoms. The van der Waals surface area contributed by atoms with Gasteiger partial charge in [-0.3, -0.25) is 5.10 Å². The molecule has 1 aromatic heterocycles. The maximum Gasteiger partial charge on any atom is 0.195 e. The number of aromatic amines is 1. The smallest absolute Gasteiger partial charge is 0.195 e. The van der Waals surface area contributed by atoms with Gasteiger partial charge in [0, 0.05) is 7.05 Å². The van der Waals surface area contributed by atoms with Gasteiger partial charge in [-0.15, -0.1) is 0 Å². The topological polar surface area (TPSA) is 33.6 Å². The van der Waals surface area contributed by atoms with Crippen LogP contribution in [0.3, 0.4) is 0 Å². The molecular weight excluding hydrogens is 237 g/mol. The third-order valence-corrected chi connectivity index (χ3v) is 2.75. The molecule has 0 aliphatic heterocycles. The first-order chi connectivity index (χ1) is 7.11. The van der Waals surface area contributed by atoms with E-state index in [9.17, 15) is 4.39 Å². The lowest BCUT2D eigenvalue weighted by molar-refractivity contribution is 0.628. The van der Waals surface area contributed by atoms with Crippen molar-refractivity contribution in [3.8, 4) is 11.4 Å². The summed E-state index contributed by atoms with van der Waals surface area (Å²) in [5.74, 6) is -0.0253. The van der Waals surface area contributed by atoms with Crippen molar-refractivity contribution in [2.45, 2.75) is 0 Å². The Hall–Kier alpha value is -1.20. The van der Waals surface area contributed by atoms with Gasteiger partial charge in [0.1, 0.15) is 5.82 Å². The monoisotopic (exact) mass is 243 g/mol. The molecule has 0 saturated heterocycles. The Bertz CT molecular complexity index is 540. The van der Waals surface area contributed by atoms with E-state index in [2.05, 4.69) is 10.2 Å². The summed E-state index contributed by atoms with van der Waals surface area (Å²) in [6.45, 7) is 0. The van der Waals surface area contributed by atoms with E-state index >= 15 is 0 Å². The number of aromatic nitrogens is 3. The second kappa shape index (κ2) is 3.75. The summed E-state index contributed by atoms with van der Waals surface area (Å²) in [6, 6.07) is 4.49. The number of H-pyrrole nitrogens is 1. The van der Waals surface area contributed by atoms with E-state index in [1.807, 2.05) is 0 Å². The van der Waals surface area contributed by atoms with Gasteiger partial charge in [0.15, 0.2) is 10.6 Å². The minimum Gasteiger partial charge on any atom is -0.303 e. The van der Waals surface area contributed by atoms with E-state index in [0.29, 0.717) is 15.6 Å². The van der Waals surface area contributed by atoms with Crippen LogP contribution in [0.5, 0.6) is 0 Å². The zero-order valence-corrected chi connectivity index (χ0v) is 9.36. The molecule has 0 amide bonds. The first-order valence-corrected chi connectivity index (χ1v) is 4.95. The molecule has 0 saturated carbocycles. The van der Waals surface area contributed by atoms with E-state index in [-0.39, 0.29) is 5.56 Å². The van der Waals surface area contributed by atoms with Crippen LogP contribution in [0, 0.1) is 10.6 Å². The third-order valence-electron chi connectivity index (χ3n) is 2.07. The molecule has 2 aromatic rings. The maximum absolute atomic E-state index is 13.5. The fourth-order valence-corrected chi connectivity index (χ4v) is 1.66. The number of hydrogen-bond donors (Lipinski definition) is 1. The summed E-state index contributed by atoms with van der Waals surface area (Å²) in [7, 11) is 1.70. The third kappa shape index (κ3) is 1.68. The molecule has 2 rings (SSSR count). The first-order valence-electron chi connectivity index (χ1n) is 4.17. The van der Waals surface area contributed by atoms with Crippen molar-refractivity contribution >= 4 is 23.8 Å². The number of benzene rings is 1. The highest BCUT2D eigenvalue weighted by atomic mass is 35.5. The summed E-state index contributed by atoms with van der Waals surface area (Å²) < 4.78 is 15.5. The highest BCUT2D eigenvalue weighted by Crippen LogP contribution is 2.28. The molecule has 0 spiro atoms. The Balaban J connectivity index is 2.74. The second-order valence-corrected chi connectivity index (χ2v) is 3.80. The zero-order valence-electron chi connectivity index (χ0n) is 7.79. The van der Waals surface area contributed by atoms with Crippen LogP contribution in [0.1, 0.15) is 0 Å². The molecule has 15 heavy (non-hydrogen) atoms. The largest absolute Gasteiger partial charge is 0.303 e. The lowest BCUT2D eigenvalue weighted by Crippen LogP contribution is -1.95. The normalized spacial score (nSPS) is 10.6. The molecule has 3 nitrogen and oxygen atoms in total. The van der Waals surface area contributed by atoms with Crippen LogP contribution in [0.4, 0.5) is 4.39 Å². The average molecular weight is 244 g/mol. The molecular formula is C9H7ClFN3S. The lowest BCUT2D eigenvalue weighted by Gasteiger charge is -2.04. The van der Waals surface area contributed by atoms with Crippen molar-refractivity contribution in [3.05, 3.63) is 33.8 Å². The molecule has 1 N–H and O–H groups in total. The van der Waals surface area contributed by atoms with Crippen molar-refractivity contribution in [2.75, 3.05) is 0 Å². The predicted molar refractivity (Wildman–Crippen MR) is 58.8 cm³/mol. The molecule has 0 unspecified atom stereocenters. The number of nitrogens with zero attached hydrogens (tertiary/aromatic N) is 2. The molecule has 0 bridgehead atoms. The van der Waals surface area contributed by atoms with Crippen molar-refractivity contribution in [2.24, 2.45) is 7.05 Å². The number of rotatable bonds is 1. The van der Waals surface area contributed by atoms with Gasteiger partial charge >= 0.3 is 0 Å². The molecule has 0 aliphatic rings. The number of nitrogens with one attached hydrogen (secondary N) is 1. The van der Waals surface area contributed by atoms with Gasteiger partial charge in [0.25, 0.3) is 0 Å². The lowest BCUT2D eigenvalue weighted by atomic mass is 10.2. The van der Waals surface area contributed by atoms with Crippen LogP contribution >= 0.6 is 23.8 Å². The van der Waals surface area contributed by atoms with Gasteiger partial charge in [0.05, 0.1) is 10.6 Å². The van der Waals surface area contributed by atoms with Gasteiger partial charge in [-0.2, -0.15) is 5.10 Å². The highest BCUT2D eigenvalue weighted by Gasteiger charge is 2.14. The molecule has 0 fully saturated rings. The minimum atomic E-state index is -0.417. The zero-order chi connectivity index (χ0) is 11.0. The van der Waals surface area contributed by atoms with Gasteiger partial charge in [0.2, 0.25) is 0 Å². The van der Waals surface area contributed by atoms with Crippen LogP contribution in [-0.4, -0.2) is 14.8 Å². The van der Waals surface area contributed by atoms with Gasteiger partial charge in [-0.05, 0) is 24.4 Å². The SMILES string of the molecule is Cn1c(-c2c(F)cccc2Cl)n[nH]c1=S. The van der Waals surface area contributed by atoms with Crippen LogP contribution in [0.2, 0.25) is 5.02 Å². The summed E-state index contributed by atoms with van der Waals surface area (Å²) in [5.41, 5.74) is 0.258. The van der Waals surface area contributed by atoms with Gasteiger partial charge < -0.3 is 4.57 Å². The number of halogens is 2. The second-order valence-electron chi connectivity index (χ2n) is 3.01. The molecule has 0 aliphatic carbocycles. The van der Waals surface area contributed by atoms with E-state index in [4.69, 9.17) is 23.8 Å². The summed E-state index contributed by atoms with van der Waals surface area (Å²) in [5, 5.41) is 6.82. The Morgan fingerprint density at radius 1 is 1.53 bits per heavy atom. The van der Waals surface area contributed by atoms with Crippen molar-refractivity contribution < 1.29 is 4.39 Å². The predicted octanol–water partition coefficient (Wildman–Crippen LogP) is 2.94. The van der Waals surface area contributed by atoms with Gasteiger partial charge in [-0.25, -0.2) is 4.39 Å². The Kier molecular flexibility index (Phi) is 2.58. The molecule has 0 atom stereocenters. The van der Waals surface area contributed by atoms with Crippen molar-refractivity contribution in [1.82, 2.24) is 14.8 Å². The van der Waals surface area contributed by atoms with Crippen LogP contribution in [-0.2, 0) is 7.05 Å². The summed E-state index contributed by atoms with van der Waals surface area (Å²) in [4.78, 5) is 0. The fraction of sp³-hybridized carbons (Fsp3) is 0.111. The van der Waals surface area contributed by atoms with Crippen LogP contribution in [0.15, 0.2) is 18.2 Å². The Morgan fingerprint density at radius 3 is 2.80 bits per heavy atom. The van der Waals surface area contributed by atoms with Gasteiger partial charge in [-0.1, -0.05) is 17.7 Å². The Labute approximate surface area is 95.5 Å². The fourth-order valence-electron chi connectivity index (χ4n) is 1.28. The first kappa shape index (κ1) is 10.3. The summed E-state index contributed by atoms with van der Waals surface area (Å²) in [6.07, 6.45) is 0. The summed E-state index contributed by atoms with van der Waals surface area (Å²) >= 11 is 10.8. The van der Waals surface area contributed by atoms with Crippen molar-refractivity contribution in [3.63, 3.8) is 0 Å². The number of hydrogen-bond acceptors (Lipinski definition) is 2. The Morgan fingerprint density at radius 2 is 2.27 bits per heavy atom. The molecule has 1 heterocycles. The van der Waals surface area contributed by atoms with E-state index in [1.54, 1.807) is 23.7 Å².